The van der Waals surface area contributed by atoms with Gasteiger partial charge in [0.25, 0.3) is 0 Å². The lowest BCUT2D eigenvalue weighted by Gasteiger charge is -2.28. The molecule has 0 aromatic carbocycles. The number of unbranched alkanes of at least 4 members (excludes halogenated alkanes) is 12. The van der Waals surface area contributed by atoms with Gasteiger partial charge in [-0.2, -0.15) is 30.7 Å². The molecule has 0 amide bonds. The third kappa shape index (κ3) is 12.6. The Morgan fingerprint density at radius 1 is 0.636 bits per heavy atom. The molecule has 0 saturated carbocycles. The summed E-state index contributed by atoms with van der Waals surface area (Å²) in [5.74, 6) is -11.0. The Kier molecular flexibility index (Phi) is 14.9. The normalized spacial score (nSPS) is 17.7. The molecule has 1 aliphatic heterocycles. The van der Waals surface area contributed by atoms with Crippen molar-refractivity contribution in [3.63, 3.8) is 0 Å². The monoisotopic (exact) mass is 494 g/mol. The van der Waals surface area contributed by atoms with E-state index in [2.05, 4.69) is 0 Å². The lowest BCUT2D eigenvalue weighted by atomic mass is 10.0. The fourth-order valence-corrected chi connectivity index (χ4v) is 4.05. The second-order valence-electron chi connectivity index (χ2n) is 9.16. The van der Waals surface area contributed by atoms with E-state index in [9.17, 15) is 30.7 Å². The van der Waals surface area contributed by atoms with E-state index in [1.165, 1.54) is 25.7 Å². The molecule has 1 unspecified atom stereocenters. The molecule has 0 aromatic heterocycles. The molecule has 9 heteroatoms. The third-order valence-corrected chi connectivity index (χ3v) is 6.20. The first kappa shape index (κ1) is 30.5. The number of hydrogen-bond donors (Lipinski definition) is 0. The Morgan fingerprint density at radius 3 is 1.58 bits per heavy atom. The summed E-state index contributed by atoms with van der Waals surface area (Å²) in [7, 11) is 0. The summed E-state index contributed by atoms with van der Waals surface area (Å²) in [6.07, 6.45) is 7.36. The van der Waals surface area contributed by atoms with E-state index >= 15 is 0 Å². The van der Waals surface area contributed by atoms with Crippen LogP contribution in [0.15, 0.2) is 0 Å². The maximum Gasteiger partial charge on any atom is 0.459 e. The number of ether oxygens (including phenoxy) is 2. The molecule has 0 aromatic rings. The van der Waals surface area contributed by atoms with Crippen molar-refractivity contribution in [1.82, 2.24) is 0 Å². The molecule has 0 radical (unpaired) electrons. The van der Waals surface area contributed by atoms with E-state index in [4.69, 9.17) is 9.47 Å². The molecule has 1 rings (SSSR count). The maximum absolute atomic E-state index is 13.2. The summed E-state index contributed by atoms with van der Waals surface area (Å²) in [5, 5.41) is 0. The van der Waals surface area contributed by atoms with Gasteiger partial charge in [0.2, 0.25) is 0 Å². The van der Waals surface area contributed by atoms with Gasteiger partial charge in [0.15, 0.2) is 0 Å². The number of alkyl halides is 7. The fraction of sp³-hybridized carbons (Fsp3) is 1.00. The molecule has 0 aliphatic carbocycles. The average Bonchev–Trinajstić information content (AvgIpc) is 3.25. The van der Waals surface area contributed by atoms with Crippen molar-refractivity contribution < 1.29 is 40.2 Å². The second-order valence-corrected chi connectivity index (χ2v) is 9.16. The van der Waals surface area contributed by atoms with Gasteiger partial charge in [0.1, 0.15) is 0 Å². The SMILES string of the molecule is FC(F)(F)C(F)(F)C(F)(F)CCCCCCCCCCCCCCCOCCC1CCCO1. The highest BCUT2D eigenvalue weighted by atomic mass is 19.4. The second kappa shape index (κ2) is 16.2. The Morgan fingerprint density at radius 2 is 1.12 bits per heavy atom. The summed E-state index contributed by atoms with van der Waals surface area (Å²) < 4.78 is 99.3. The van der Waals surface area contributed by atoms with Crippen molar-refractivity contribution >= 4 is 0 Å². The molecule has 33 heavy (non-hydrogen) atoms. The van der Waals surface area contributed by atoms with Gasteiger partial charge in [0, 0.05) is 26.2 Å². The van der Waals surface area contributed by atoms with Gasteiger partial charge in [-0.25, -0.2) is 0 Å². The first-order valence-electron chi connectivity index (χ1n) is 12.6. The minimum atomic E-state index is -6.23. The van der Waals surface area contributed by atoms with Crippen LogP contribution in [0.5, 0.6) is 0 Å². The summed E-state index contributed by atoms with van der Waals surface area (Å²) >= 11 is 0. The van der Waals surface area contributed by atoms with E-state index in [0.29, 0.717) is 12.5 Å². The van der Waals surface area contributed by atoms with Gasteiger partial charge < -0.3 is 9.47 Å². The van der Waals surface area contributed by atoms with Gasteiger partial charge in [0.05, 0.1) is 6.10 Å². The summed E-state index contributed by atoms with van der Waals surface area (Å²) in [6, 6.07) is 0. The molecule has 1 saturated heterocycles. The molecule has 1 atom stereocenters. The van der Waals surface area contributed by atoms with Crippen molar-refractivity contribution in [2.45, 2.75) is 133 Å². The zero-order chi connectivity index (χ0) is 24.6. The predicted molar refractivity (Wildman–Crippen MR) is 115 cm³/mol. The van der Waals surface area contributed by atoms with E-state index in [1.54, 1.807) is 0 Å². The van der Waals surface area contributed by atoms with Crippen LogP contribution in [0.3, 0.4) is 0 Å². The van der Waals surface area contributed by atoms with Crippen LogP contribution in [-0.2, 0) is 9.47 Å². The quantitative estimate of drug-likeness (QED) is 0.124. The van der Waals surface area contributed by atoms with E-state index in [-0.39, 0.29) is 12.8 Å². The smallest absolute Gasteiger partial charge is 0.381 e. The minimum absolute atomic E-state index is 0.238. The van der Waals surface area contributed by atoms with E-state index < -0.39 is 24.4 Å². The average molecular weight is 495 g/mol. The predicted octanol–water partition coefficient (Wildman–Crippen LogP) is 8.87. The topological polar surface area (TPSA) is 18.5 Å². The number of halogens is 7. The summed E-state index contributed by atoms with van der Waals surface area (Å²) in [6.45, 7) is 2.48. The summed E-state index contributed by atoms with van der Waals surface area (Å²) in [4.78, 5) is 0. The molecule has 0 N–H and O–H groups in total. The van der Waals surface area contributed by atoms with Gasteiger partial charge in [-0.3, -0.25) is 0 Å². The highest BCUT2D eigenvalue weighted by molar-refractivity contribution is 4.90. The Labute approximate surface area is 194 Å². The first-order chi connectivity index (χ1) is 15.6. The Hall–Kier alpha value is -0.570. The molecule has 2 nitrogen and oxygen atoms in total. The van der Waals surface area contributed by atoms with Gasteiger partial charge in [-0.15, -0.1) is 0 Å². The maximum atomic E-state index is 13.2. The van der Waals surface area contributed by atoms with E-state index in [1.807, 2.05) is 0 Å². The molecular formula is C24H41F7O2. The molecular weight excluding hydrogens is 453 g/mol. The number of hydrogen-bond acceptors (Lipinski definition) is 2. The van der Waals surface area contributed by atoms with Crippen molar-refractivity contribution in [3.8, 4) is 0 Å². The number of rotatable bonds is 20. The Balaban J connectivity index is 1.80. The van der Waals surface area contributed by atoms with Crippen LogP contribution in [0.4, 0.5) is 30.7 Å². The van der Waals surface area contributed by atoms with Gasteiger partial charge in [-0.1, -0.05) is 70.6 Å². The van der Waals surface area contributed by atoms with Crippen molar-refractivity contribution in [3.05, 3.63) is 0 Å². The van der Waals surface area contributed by atoms with Crippen LogP contribution in [-0.4, -0.2) is 43.9 Å². The van der Waals surface area contributed by atoms with Crippen LogP contribution in [0, 0.1) is 0 Å². The first-order valence-corrected chi connectivity index (χ1v) is 12.6. The highest BCUT2D eigenvalue weighted by Gasteiger charge is 2.72. The molecule has 198 valence electrons. The van der Waals surface area contributed by atoms with Crippen molar-refractivity contribution in [2.75, 3.05) is 19.8 Å². The third-order valence-electron chi connectivity index (χ3n) is 6.20. The Bertz CT molecular complexity index is 478. The molecule has 1 aliphatic rings. The van der Waals surface area contributed by atoms with Gasteiger partial charge in [-0.05, 0) is 32.1 Å². The van der Waals surface area contributed by atoms with Crippen LogP contribution >= 0.6 is 0 Å². The van der Waals surface area contributed by atoms with Crippen LogP contribution < -0.4 is 0 Å². The van der Waals surface area contributed by atoms with Crippen LogP contribution in [0.25, 0.3) is 0 Å². The lowest BCUT2D eigenvalue weighted by molar-refractivity contribution is -0.355. The van der Waals surface area contributed by atoms with Crippen LogP contribution in [0.2, 0.25) is 0 Å². The fourth-order valence-electron chi connectivity index (χ4n) is 4.05. The lowest BCUT2D eigenvalue weighted by Crippen LogP contribution is -2.51. The molecule has 0 spiro atoms. The minimum Gasteiger partial charge on any atom is -0.381 e. The highest BCUT2D eigenvalue weighted by Crippen LogP contribution is 2.48. The molecule has 0 bridgehead atoms. The standard InChI is InChI=1S/C24H41F7O2/c25-22(26,23(27,28)24(29,30)31)17-12-10-8-6-4-2-1-3-5-7-9-11-13-18-32-20-16-21-15-14-19-33-21/h21H,1-20H2. The zero-order valence-corrected chi connectivity index (χ0v) is 19.7. The van der Waals surface area contributed by atoms with Gasteiger partial charge >= 0.3 is 18.0 Å². The van der Waals surface area contributed by atoms with Crippen LogP contribution in [0.1, 0.15) is 109 Å². The van der Waals surface area contributed by atoms with Crippen molar-refractivity contribution in [2.24, 2.45) is 0 Å². The molecule has 1 fully saturated rings. The summed E-state index contributed by atoms with van der Waals surface area (Å²) in [5.41, 5.74) is 0. The van der Waals surface area contributed by atoms with Crippen molar-refractivity contribution in [1.29, 1.82) is 0 Å². The zero-order valence-electron chi connectivity index (χ0n) is 19.7. The molecule has 1 heterocycles. The largest absolute Gasteiger partial charge is 0.459 e. The van der Waals surface area contributed by atoms with E-state index in [0.717, 1.165) is 77.6 Å².